The molecule has 0 spiro atoms. The van der Waals surface area contributed by atoms with Crippen LogP contribution in [0.25, 0.3) is 11.3 Å². The Morgan fingerprint density at radius 1 is 1.16 bits per heavy atom. The fourth-order valence-corrected chi connectivity index (χ4v) is 4.70. The van der Waals surface area contributed by atoms with Gasteiger partial charge in [-0.25, -0.2) is 4.79 Å². The first-order valence-electron chi connectivity index (χ1n) is 11.9. The number of aromatic nitrogens is 2. The molecule has 3 aliphatic heterocycles. The van der Waals surface area contributed by atoms with Gasteiger partial charge < -0.3 is 39.1 Å². The predicted molar refractivity (Wildman–Crippen MR) is 131 cm³/mol. The second kappa shape index (κ2) is 9.53. The Labute approximate surface area is 217 Å². The minimum Gasteiger partial charge on any atom is -0.493 e. The van der Waals surface area contributed by atoms with Crippen LogP contribution in [0.1, 0.15) is 17.0 Å². The van der Waals surface area contributed by atoms with Gasteiger partial charge in [0.25, 0.3) is 0 Å². The summed E-state index contributed by atoms with van der Waals surface area (Å²) in [6.45, 7) is 1.95. The van der Waals surface area contributed by atoms with Gasteiger partial charge in [0, 0.05) is 18.7 Å². The Balaban J connectivity index is 1.39. The molecule has 1 saturated heterocycles. The molecule has 3 aliphatic rings. The summed E-state index contributed by atoms with van der Waals surface area (Å²) in [6, 6.07) is 12.8. The van der Waals surface area contributed by atoms with Crippen molar-refractivity contribution in [3.8, 4) is 46.2 Å². The van der Waals surface area contributed by atoms with E-state index in [9.17, 15) is 10.1 Å². The van der Waals surface area contributed by atoms with Gasteiger partial charge in [-0.15, -0.1) is 5.10 Å². The van der Waals surface area contributed by atoms with Gasteiger partial charge in [0.1, 0.15) is 11.6 Å². The lowest BCUT2D eigenvalue weighted by Gasteiger charge is -2.27. The summed E-state index contributed by atoms with van der Waals surface area (Å²) in [4.78, 5) is 14.2. The number of ether oxygens (including phenoxy) is 6. The van der Waals surface area contributed by atoms with Crippen LogP contribution in [0, 0.1) is 11.3 Å². The van der Waals surface area contributed by atoms with Crippen LogP contribution >= 0.6 is 0 Å². The number of methoxy groups -OCH3 is 1. The summed E-state index contributed by atoms with van der Waals surface area (Å²) in [6.07, 6.45) is -0.491. The van der Waals surface area contributed by atoms with E-state index < -0.39 is 12.0 Å². The molecule has 4 heterocycles. The lowest BCUT2D eigenvalue weighted by molar-refractivity contribution is 0.0413. The second-order valence-corrected chi connectivity index (χ2v) is 8.69. The Morgan fingerprint density at radius 3 is 2.76 bits per heavy atom. The maximum absolute atomic E-state index is 12.7. The predicted octanol–water partition coefficient (Wildman–Crippen LogP) is 2.86. The molecule has 0 bridgehead atoms. The number of hydrogen-bond acceptors (Lipinski definition) is 10. The Hall–Kier alpha value is -4.89. The monoisotopic (exact) mass is 517 g/mol. The average molecular weight is 517 g/mol. The van der Waals surface area contributed by atoms with Gasteiger partial charge in [-0.05, 0) is 35.9 Å². The first kappa shape index (κ1) is 23.5. The van der Waals surface area contributed by atoms with Crippen molar-refractivity contribution < 1.29 is 33.2 Å². The Bertz CT molecular complexity index is 1490. The Kier molecular flexibility index (Phi) is 5.89. The molecule has 0 saturated carbocycles. The van der Waals surface area contributed by atoms with Gasteiger partial charge in [0.15, 0.2) is 23.0 Å². The molecule has 1 amide bonds. The minimum absolute atomic E-state index is 0.0458. The van der Waals surface area contributed by atoms with Crippen molar-refractivity contribution in [2.24, 2.45) is 5.73 Å². The van der Waals surface area contributed by atoms with Crippen molar-refractivity contribution >= 4 is 6.09 Å². The number of allylic oxidation sites excluding steroid dienone is 1. The first-order chi connectivity index (χ1) is 18.6. The molecule has 2 aromatic carbocycles. The van der Waals surface area contributed by atoms with Crippen molar-refractivity contribution in [3.05, 3.63) is 59.0 Å². The van der Waals surface area contributed by atoms with E-state index in [0.717, 1.165) is 5.56 Å². The van der Waals surface area contributed by atoms with E-state index in [-0.39, 0.29) is 29.9 Å². The molecule has 194 valence electrons. The number of H-pyrrole nitrogens is 1. The summed E-state index contributed by atoms with van der Waals surface area (Å²) in [5, 5.41) is 17.4. The van der Waals surface area contributed by atoms with E-state index in [1.165, 1.54) is 7.11 Å². The topological polar surface area (TPSA) is 154 Å². The standard InChI is InChI=1S/C26H23N5O7/c1-33-19-10-14(2-5-18(19)37-26(32)31-6-8-34-9-7-31)21-16(12-27)24(28)38-25-22(21)23(29-30-25)15-3-4-17-20(11-15)36-13-35-17/h2-5,10-11,21H,6-9,13,28H2,1H3,(H,29,30)/t21-/m1/s1. The highest BCUT2D eigenvalue weighted by molar-refractivity contribution is 5.74. The normalized spacial score (nSPS) is 17.9. The molecule has 1 atom stereocenters. The van der Waals surface area contributed by atoms with Crippen LogP contribution in [0.2, 0.25) is 0 Å². The molecule has 12 heteroatoms. The third kappa shape index (κ3) is 3.99. The zero-order valence-electron chi connectivity index (χ0n) is 20.4. The highest BCUT2D eigenvalue weighted by atomic mass is 16.7. The van der Waals surface area contributed by atoms with Crippen LogP contribution in [-0.2, 0) is 4.74 Å². The van der Waals surface area contributed by atoms with Crippen LogP contribution < -0.4 is 29.4 Å². The lowest BCUT2D eigenvalue weighted by atomic mass is 9.83. The molecule has 38 heavy (non-hydrogen) atoms. The van der Waals surface area contributed by atoms with E-state index in [1.807, 2.05) is 12.1 Å². The number of hydrogen-bond donors (Lipinski definition) is 2. The molecule has 0 unspecified atom stereocenters. The second-order valence-electron chi connectivity index (χ2n) is 8.69. The van der Waals surface area contributed by atoms with Gasteiger partial charge in [-0.3, -0.25) is 5.10 Å². The van der Waals surface area contributed by atoms with Crippen molar-refractivity contribution in [1.82, 2.24) is 15.1 Å². The fourth-order valence-electron chi connectivity index (χ4n) is 4.70. The Morgan fingerprint density at radius 2 is 1.97 bits per heavy atom. The third-order valence-corrected chi connectivity index (χ3v) is 6.59. The summed E-state index contributed by atoms with van der Waals surface area (Å²) in [5.41, 5.74) is 9.02. The van der Waals surface area contributed by atoms with Crippen molar-refractivity contribution in [2.45, 2.75) is 5.92 Å². The zero-order chi connectivity index (χ0) is 26.2. The van der Waals surface area contributed by atoms with Gasteiger partial charge >= 0.3 is 6.09 Å². The van der Waals surface area contributed by atoms with Crippen LogP contribution in [0.4, 0.5) is 4.79 Å². The van der Waals surface area contributed by atoms with E-state index in [0.29, 0.717) is 60.4 Å². The van der Waals surface area contributed by atoms with Crippen molar-refractivity contribution in [2.75, 3.05) is 40.2 Å². The molecular formula is C26H23N5O7. The minimum atomic E-state index is -0.638. The number of benzene rings is 2. The number of amides is 1. The van der Waals surface area contributed by atoms with Crippen molar-refractivity contribution in [3.63, 3.8) is 0 Å². The molecular weight excluding hydrogens is 494 g/mol. The summed E-state index contributed by atoms with van der Waals surface area (Å²) < 4.78 is 33.1. The van der Waals surface area contributed by atoms with Crippen LogP contribution in [0.15, 0.2) is 47.9 Å². The molecule has 3 aromatic rings. The number of morpholine rings is 1. The maximum atomic E-state index is 12.7. The molecule has 1 aromatic heterocycles. The van der Waals surface area contributed by atoms with Gasteiger partial charge in [-0.2, -0.15) is 5.26 Å². The van der Waals surface area contributed by atoms with E-state index in [2.05, 4.69) is 16.3 Å². The largest absolute Gasteiger partial charge is 0.493 e. The SMILES string of the molecule is COc1cc([C@@H]2C(C#N)=C(N)Oc3n[nH]c(-c4ccc5c(c4)OCO5)c32)ccc1OC(=O)N1CCOCC1. The van der Waals surface area contributed by atoms with Crippen LogP contribution in [-0.4, -0.2) is 61.4 Å². The van der Waals surface area contributed by atoms with Gasteiger partial charge in [-0.1, -0.05) is 6.07 Å². The number of nitrogens with one attached hydrogen (secondary N) is 1. The number of aromatic amines is 1. The first-order valence-corrected chi connectivity index (χ1v) is 11.9. The number of carbonyl (C=O) groups is 1. The van der Waals surface area contributed by atoms with Crippen molar-refractivity contribution in [1.29, 1.82) is 5.26 Å². The van der Waals surface area contributed by atoms with E-state index in [4.69, 9.17) is 34.2 Å². The molecule has 12 nitrogen and oxygen atoms in total. The fraction of sp³-hybridized carbons (Fsp3) is 0.269. The third-order valence-electron chi connectivity index (χ3n) is 6.59. The zero-order valence-corrected chi connectivity index (χ0v) is 20.4. The molecule has 0 radical (unpaired) electrons. The van der Waals surface area contributed by atoms with E-state index in [1.54, 1.807) is 29.2 Å². The van der Waals surface area contributed by atoms with Crippen LogP contribution in [0.3, 0.4) is 0 Å². The number of carbonyl (C=O) groups excluding carboxylic acids is 1. The molecule has 1 fully saturated rings. The highest BCUT2D eigenvalue weighted by Gasteiger charge is 2.36. The highest BCUT2D eigenvalue weighted by Crippen LogP contribution is 2.48. The van der Waals surface area contributed by atoms with E-state index >= 15 is 0 Å². The van der Waals surface area contributed by atoms with Gasteiger partial charge in [0.2, 0.25) is 18.6 Å². The van der Waals surface area contributed by atoms with Crippen LogP contribution in [0.5, 0.6) is 28.9 Å². The summed E-state index contributed by atoms with van der Waals surface area (Å²) >= 11 is 0. The number of nitriles is 1. The molecule has 3 N–H and O–H groups in total. The molecule has 0 aliphatic carbocycles. The lowest BCUT2D eigenvalue weighted by Crippen LogP contribution is -2.42. The number of nitrogens with zero attached hydrogens (tertiary/aromatic N) is 3. The number of fused-ring (bicyclic) bond motifs is 2. The maximum Gasteiger partial charge on any atom is 0.415 e. The summed E-state index contributed by atoms with van der Waals surface area (Å²) in [5.74, 6) is 1.38. The average Bonchev–Trinajstić information content (AvgIpc) is 3.59. The quantitative estimate of drug-likeness (QED) is 0.528. The number of nitrogens with two attached hydrogens (primary N) is 1. The number of rotatable bonds is 4. The van der Waals surface area contributed by atoms with Gasteiger partial charge in [0.05, 0.1) is 37.5 Å². The summed E-state index contributed by atoms with van der Waals surface area (Å²) in [7, 11) is 1.48. The molecule has 6 rings (SSSR count). The smallest absolute Gasteiger partial charge is 0.415 e.